The van der Waals surface area contributed by atoms with Crippen LogP contribution in [0.3, 0.4) is 0 Å². The number of ether oxygens (including phenoxy) is 1. The van der Waals surface area contributed by atoms with Gasteiger partial charge in [0.25, 0.3) is 5.56 Å². The summed E-state index contributed by atoms with van der Waals surface area (Å²) < 4.78 is 21.2. The molecule has 28 heavy (non-hydrogen) atoms. The predicted octanol–water partition coefficient (Wildman–Crippen LogP) is 3.04. The summed E-state index contributed by atoms with van der Waals surface area (Å²) in [5.41, 5.74) is 2.10. The SMILES string of the molecule is Cc1cc(-c2csc3ccn(CC(=O)N4CC5(COC5)C4)c(=O)c23)ccc1F. The Bertz CT molecular complexity index is 1150. The molecule has 2 aromatic heterocycles. The molecule has 0 atom stereocenters. The molecule has 0 N–H and O–H groups in total. The van der Waals surface area contributed by atoms with E-state index in [9.17, 15) is 14.0 Å². The Kier molecular flexibility index (Phi) is 3.93. The van der Waals surface area contributed by atoms with Gasteiger partial charge in [0, 0.05) is 34.9 Å². The molecule has 0 aliphatic carbocycles. The number of hydrogen-bond donors (Lipinski definition) is 0. The normalized spacial score (nSPS) is 17.6. The maximum absolute atomic E-state index is 13.6. The summed E-state index contributed by atoms with van der Waals surface area (Å²) >= 11 is 1.48. The molecule has 7 heteroatoms. The number of thiophene rings is 1. The third kappa shape index (κ3) is 2.69. The molecule has 3 aromatic rings. The van der Waals surface area contributed by atoms with Crippen LogP contribution in [-0.4, -0.2) is 41.7 Å². The predicted molar refractivity (Wildman–Crippen MR) is 106 cm³/mol. The van der Waals surface area contributed by atoms with Crippen LogP contribution in [0.2, 0.25) is 0 Å². The standard InChI is InChI=1S/C21H19FN2O3S/c1-13-6-14(2-3-16(13)22)15-8-28-17-4-5-23(20(26)19(15)17)7-18(25)24-9-21(10-24)11-27-12-21/h2-6,8H,7,9-12H2,1H3. The molecular formula is C21H19FN2O3S. The summed E-state index contributed by atoms with van der Waals surface area (Å²) in [5, 5.41) is 2.50. The molecule has 0 radical (unpaired) electrons. The van der Waals surface area contributed by atoms with Crippen LogP contribution in [0.25, 0.3) is 21.2 Å². The molecule has 0 unspecified atom stereocenters. The highest BCUT2D eigenvalue weighted by Gasteiger charge is 2.50. The number of aryl methyl sites for hydroxylation is 1. The Hall–Kier alpha value is -2.51. The topological polar surface area (TPSA) is 51.5 Å². The minimum atomic E-state index is -0.268. The van der Waals surface area contributed by atoms with Gasteiger partial charge in [0.2, 0.25) is 5.91 Å². The maximum atomic E-state index is 13.6. The first-order valence-corrected chi connectivity index (χ1v) is 10.1. The largest absolute Gasteiger partial charge is 0.380 e. The smallest absolute Gasteiger partial charge is 0.260 e. The van der Waals surface area contributed by atoms with Crippen molar-refractivity contribution in [3.63, 3.8) is 0 Å². The Labute approximate surface area is 165 Å². The number of carbonyl (C=O) groups is 1. The Morgan fingerprint density at radius 1 is 1.29 bits per heavy atom. The molecule has 2 aliphatic heterocycles. The van der Waals surface area contributed by atoms with E-state index in [1.54, 1.807) is 30.2 Å². The van der Waals surface area contributed by atoms with Crippen LogP contribution in [0, 0.1) is 18.2 Å². The number of likely N-dealkylation sites (tertiary alicyclic amines) is 1. The van der Waals surface area contributed by atoms with E-state index in [1.807, 2.05) is 11.4 Å². The fourth-order valence-corrected chi connectivity index (χ4v) is 4.95. The maximum Gasteiger partial charge on any atom is 0.260 e. The van der Waals surface area contributed by atoms with Gasteiger partial charge in [-0.2, -0.15) is 0 Å². The summed E-state index contributed by atoms with van der Waals surface area (Å²) in [7, 11) is 0. The van der Waals surface area contributed by atoms with E-state index in [2.05, 4.69) is 0 Å². The fraction of sp³-hybridized carbons (Fsp3) is 0.333. The second kappa shape index (κ2) is 6.25. The molecule has 2 fully saturated rings. The molecular weight excluding hydrogens is 379 g/mol. The second-order valence-electron chi connectivity index (χ2n) is 7.84. The quantitative estimate of drug-likeness (QED) is 0.682. The first-order valence-electron chi connectivity index (χ1n) is 9.18. The highest BCUT2D eigenvalue weighted by Crippen LogP contribution is 2.37. The number of carbonyl (C=O) groups excluding carboxylic acids is 1. The number of rotatable bonds is 3. The van der Waals surface area contributed by atoms with Gasteiger partial charge in [0.1, 0.15) is 12.4 Å². The van der Waals surface area contributed by atoms with Gasteiger partial charge in [-0.3, -0.25) is 9.59 Å². The van der Waals surface area contributed by atoms with Gasteiger partial charge < -0.3 is 14.2 Å². The van der Waals surface area contributed by atoms with Crippen LogP contribution >= 0.6 is 11.3 Å². The van der Waals surface area contributed by atoms with Crippen molar-refractivity contribution in [2.24, 2.45) is 5.41 Å². The van der Waals surface area contributed by atoms with E-state index in [0.29, 0.717) is 24.0 Å². The van der Waals surface area contributed by atoms with E-state index in [1.165, 1.54) is 22.0 Å². The van der Waals surface area contributed by atoms with Gasteiger partial charge in [-0.05, 0) is 36.2 Å². The summed E-state index contributed by atoms with van der Waals surface area (Å²) in [6.07, 6.45) is 1.68. The van der Waals surface area contributed by atoms with Crippen molar-refractivity contribution >= 4 is 27.3 Å². The third-order valence-corrected chi connectivity index (χ3v) is 6.64. The zero-order valence-electron chi connectivity index (χ0n) is 15.4. The fourth-order valence-electron chi connectivity index (χ4n) is 3.99. The minimum absolute atomic E-state index is 0.0312. The first kappa shape index (κ1) is 17.6. The molecule has 5 nitrogen and oxygen atoms in total. The van der Waals surface area contributed by atoms with E-state index < -0.39 is 0 Å². The van der Waals surface area contributed by atoms with Crippen molar-refractivity contribution in [2.75, 3.05) is 26.3 Å². The lowest BCUT2D eigenvalue weighted by atomic mass is 9.78. The molecule has 4 heterocycles. The number of aromatic nitrogens is 1. The minimum Gasteiger partial charge on any atom is -0.380 e. The van der Waals surface area contributed by atoms with Crippen molar-refractivity contribution < 1.29 is 13.9 Å². The monoisotopic (exact) mass is 398 g/mol. The average molecular weight is 398 g/mol. The van der Waals surface area contributed by atoms with Gasteiger partial charge in [-0.1, -0.05) is 6.07 Å². The Morgan fingerprint density at radius 3 is 2.75 bits per heavy atom. The number of pyridine rings is 1. The average Bonchev–Trinajstić information content (AvgIpc) is 3.02. The van der Waals surface area contributed by atoms with Crippen molar-refractivity contribution in [3.05, 3.63) is 57.6 Å². The molecule has 1 amide bonds. The van der Waals surface area contributed by atoms with E-state index in [-0.39, 0.29) is 29.2 Å². The van der Waals surface area contributed by atoms with Gasteiger partial charge in [0.05, 0.1) is 24.0 Å². The zero-order valence-corrected chi connectivity index (χ0v) is 16.2. The number of halogens is 1. The zero-order chi connectivity index (χ0) is 19.5. The molecule has 0 bridgehead atoms. The number of benzene rings is 1. The molecule has 144 valence electrons. The Balaban J connectivity index is 1.46. The van der Waals surface area contributed by atoms with E-state index >= 15 is 0 Å². The van der Waals surface area contributed by atoms with E-state index in [0.717, 1.165) is 29.0 Å². The lowest BCUT2D eigenvalue weighted by molar-refractivity contribution is -0.195. The van der Waals surface area contributed by atoms with Crippen molar-refractivity contribution in [3.8, 4) is 11.1 Å². The summed E-state index contributed by atoms with van der Waals surface area (Å²) in [4.78, 5) is 27.5. The highest BCUT2D eigenvalue weighted by molar-refractivity contribution is 7.17. The molecule has 2 saturated heterocycles. The number of amides is 1. The second-order valence-corrected chi connectivity index (χ2v) is 8.76. The molecule has 2 aliphatic rings. The van der Waals surface area contributed by atoms with Crippen LogP contribution in [0.4, 0.5) is 4.39 Å². The summed E-state index contributed by atoms with van der Waals surface area (Å²) in [6, 6.07) is 6.72. The number of fused-ring (bicyclic) bond motifs is 1. The van der Waals surface area contributed by atoms with Crippen LogP contribution in [0.15, 0.2) is 40.6 Å². The van der Waals surface area contributed by atoms with Crippen molar-refractivity contribution in [1.82, 2.24) is 9.47 Å². The van der Waals surface area contributed by atoms with Crippen molar-refractivity contribution in [2.45, 2.75) is 13.5 Å². The first-order chi connectivity index (χ1) is 13.5. The van der Waals surface area contributed by atoms with Crippen LogP contribution in [0.1, 0.15) is 5.56 Å². The molecule has 1 spiro atoms. The van der Waals surface area contributed by atoms with E-state index in [4.69, 9.17) is 4.74 Å². The van der Waals surface area contributed by atoms with Crippen LogP contribution in [-0.2, 0) is 16.1 Å². The third-order valence-electron chi connectivity index (χ3n) is 5.70. The summed E-state index contributed by atoms with van der Waals surface area (Å²) in [5.74, 6) is -0.316. The lowest BCUT2D eigenvalue weighted by Gasteiger charge is -2.54. The van der Waals surface area contributed by atoms with Gasteiger partial charge in [-0.25, -0.2) is 4.39 Å². The van der Waals surface area contributed by atoms with Gasteiger partial charge in [0.15, 0.2) is 0 Å². The molecule has 1 aromatic carbocycles. The number of nitrogens with zero attached hydrogens (tertiary/aromatic N) is 2. The summed E-state index contributed by atoms with van der Waals surface area (Å²) in [6.45, 7) is 4.60. The van der Waals surface area contributed by atoms with Gasteiger partial charge in [-0.15, -0.1) is 11.3 Å². The lowest BCUT2D eigenvalue weighted by Crippen LogP contribution is -2.67. The number of hydrogen-bond acceptors (Lipinski definition) is 4. The van der Waals surface area contributed by atoms with Crippen molar-refractivity contribution in [1.29, 1.82) is 0 Å². The Morgan fingerprint density at radius 2 is 2.07 bits per heavy atom. The van der Waals surface area contributed by atoms with Crippen LogP contribution < -0.4 is 5.56 Å². The molecule has 5 rings (SSSR count). The van der Waals surface area contributed by atoms with Crippen LogP contribution in [0.5, 0.6) is 0 Å². The highest BCUT2D eigenvalue weighted by atomic mass is 32.1. The van der Waals surface area contributed by atoms with Gasteiger partial charge >= 0.3 is 0 Å². The molecule has 0 saturated carbocycles.